The molecular weight excluding hydrogens is 180 g/mol. The van der Waals surface area contributed by atoms with Crippen LogP contribution in [0.1, 0.15) is 19.3 Å². The molecule has 1 fully saturated rings. The minimum absolute atomic E-state index is 0.343. The van der Waals surface area contributed by atoms with Crippen molar-refractivity contribution in [3.8, 4) is 6.07 Å². The van der Waals surface area contributed by atoms with Gasteiger partial charge in [-0.3, -0.25) is 0 Å². The second kappa shape index (κ2) is 5.30. The Morgan fingerprint density at radius 2 is 2.21 bits per heavy atom. The zero-order valence-corrected chi connectivity index (χ0v) is 8.66. The molecule has 0 aromatic rings. The molecule has 0 heterocycles. The third-order valence-electron chi connectivity index (χ3n) is 2.49. The summed E-state index contributed by atoms with van der Waals surface area (Å²) >= 11 is 0. The third-order valence-corrected chi connectivity index (χ3v) is 2.49. The van der Waals surface area contributed by atoms with E-state index in [1.54, 1.807) is 7.11 Å². The minimum Gasteiger partial charge on any atom is -0.385 e. The van der Waals surface area contributed by atoms with Gasteiger partial charge < -0.3 is 15.2 Å². The SMILES string of the molecule is COCCCOCC(N)(C#N)C1CC1. The average molecular weight is 198 g/mol. The van der Waals surface area contributed by atoms with Gasteiger partial charge >= 0.3 is 0 Å². The smallest absolute Gasteiger partial charge is 0.130 e. The van der Waals surface area contributed by atoms with E-state index in [1.165, 1.54) is 0 Å². The summed E-state index contributed by atoms with van der Waals surface area (Å²) in [5.74, 6) is 0.343. The molecule has 1 rings (SSSR count). The molecule has 4 nitrogen and oxygen atoms in total. The second-order valence-corrected chi connectivity index (χ2v) is 3.83. The maximum atomic E-state index is 8.92. The molecule has 0 amide bonds. The van der Waals surface area contributed by atoms with Gasteiger partial charge in [0.05, 0.1) is 12.7 Å². The fraction of sp³-hybridized carbons (Fsp3) is 0.900. The molecule has 1 unspecified atom stereocenters. The minimum atomic E-state index is -0.757. The van der Waals surface area contributed by atoms with Gasteiger partial charge in [0.25, 0.3) is 0 Å². The summed E-state index contributed by atoms with van der Waals surface area (Å²) in [5, 5.41) is 8.92. The zero-order chi connectivity index (χ0) is 10.4. The van der Waals surface area contributed by atoms with Gasteiger partial charge in [0.15, 0.2) is 0 Å². The van der Waals surface area contributed by atoms with Crippen LogP contribution in [-0.4, -0.2) is 32.5 Å². The van der Waals surface area contributed by atoms with Gasteiger partial charge in [-0.05, 0) is 25.2 Å². The lowest BCUT2D eigenvalue weighted by Crippen LogP contribution is -2.45. The number of nitriles is 1. The van der Waals surface area contributed by atoms with Gasteiger partial charge in [-0.25, -0.2) is 0 Å². The lowest BCUT2D eigenvalue weighted by Gasteiger charge is -2.20. The van der Waals surface area contributed by atoms with Gasteiger partial charge in [0, 0.05) is 20.3 Å². The van der Waals surface area contributed by atoms with E-state index < -0.39 is 5.54 Å². The van der Waals surface area contributed by atoms with Gasteiger partial charge in [-0.2, -0.15) is 5.26 Å². The summed E-state index contributed by atoms with van der Waals surface area (Å²) in [6.07, 6.45) is 2.97. The van der Waals surface area contributed by atoms with Crippen LogP contribution in [0.4, 0.5) is 0 Å². The third kappa shape index (κ3) is 3.26. The molecular formula is C10H18N2O2. The van der Waals surface area contributed by atoms with E-state index in [-0.39, 0.29) is 0 Å². The first-order valence-electron chi connectivity index (χ1n) is 5.00. The number of hydrogen-bond acceptors (Lipinski definition) is 4. The highest BCUT2D eigenvalue weighted by molar-refractivity contribution is 5.13. The van der Waals surface area contributed by atoms with Crippen molar-refractivity contribution >= 4 is 0 Å². The van der Waals surface area contributed by atoms with Crippen LogP contribution in [0.25, 0.3) is 0 Å². The van der Waals surface area contributed by atoms with Crippen molar-refractivity contribution < 1.29 is 9.47 Å². The molecule has 0 aromatic heterocycles. The molecule has 0 saturated heterocycles. The Bertz CT molecular complexity index is 211. The highest BCUT2D eigenvalue weighted by Gasteiger charge is 2.42. The van der Waals surface area contributed by atoms with Gasteiger partial charge in [-0.1, -0.05) is 0 Å². The van der Waals surface area contributed by atoms with Gasteiger partial charge in [0.2, 0.25) is 0 Å². The van der Waals surface area contributed by atoms with E-state index in [1.807, 2.05) is 0 Å². The Labute approximate surface area is 85.0 Å². The molecule has 2 N–H and O–H groups in total. The first-order valence-corrected chi connectivity index (χ1v) is 5.00. The fourth-order valence-corrected chi connectivity index (χ4v) is 1.39. The van der Waals surface area contributed by atoms with E-state index in [4.69, 9.17) is 20.5 Å². The second-order valence-electron chi connectivity index (χ2n) is 3.83. The summed E-state index contributed by atoms with van der Waals surface area (Å²) in [6.45, 7) is 1.65. The van der Waals surface area contributed by atoms with Crippen LogP contribution in [0.15, 0.2) is 0 Å². The van der Waals surface area contributed by atoms with Crippen molar-refractivity contribution in [2.24, 2.45) is 11.7 Å². The van der Waals surface area contributed by atoms with Crippen molar-refractivity contribution in [2.75, 3.05) is 26.9 Å². The van der Waals surface area contributed by atoms with E-state index in [9.17, 15) is 0 Å². The van der Waals surface area contributed by atoms with Crippen molar-refractivity contribution in [3.63, 3.8) is 0 Å². The predicted molar refractivity (Wildman–Crippen MR) is 52.6 cm³/mol. The van der Waals surface area contributed by atoms with Crippen molar-refractivity contribution in [3.05, 3.63) is 0 Å². The van der Waals surface area contributed by atoms with E-state index in [0.29, 0.717) is 25.7 Å². The molecule has 14 heavy (non-hydrogen) atoms. The molecule has 0 bridgehead atoms. The average Bonchev–Trinajstić information content (AvgIpc) is 3.01. The number of methoxy groups -OCH3 is 1. The zero-order valence-electron chi connectivity index (χ0n) is 8.66. The van der Waals surface area contributed by atoms with E-state index >= 15 is 0 Å². The molecule has 1 aliphatic rings. The Kier molecular flexibility index (Phi) is 4.33. The standard InChI is InChI=1S/C10H18N2O2/c1-13-5-2-6-14-8-10(12,7-11)9-3-4-9/h9H,2-6,8,12H2,1H3. The van der Waals surface area contributed by atoms with E-state index in [0.717, 1.165) is 19.3 Å². The highest BCUT2D eigenvalue weighted by Crippen LogP contribution is 2.38. The molecule has 0 spiro atoms. The molecule has 0 aromatic carbocycles. The fourth-order valence-electron chi connectivity index (χ4n) is 1.39. The van der Waals surface area contributed by atoms with Crippen LogP contribution in [0.3, 0.4) is 0 Å². The first kappa shape index (κ1) is 11.4. The molecule has 0 aliphatic heterocycles. The van der Waals surface area contributed by atoms with Crippen molar-refractivity contribution in [1.82, 2.24) is 0 Å². The van der Waals surface area contributed by atoms with Crippen molar-refractivity contribution in [2.45, 2.75) is 24.8 Å². The van der Waals surface area contributed by atoms with Gasteiger partial charge in [-0.15, -0.1) is 0 Å². The van der Waals surface area contributed by atoms with Crippen LogP contribution in [-0.2, 0) is 9.47 Å². The summed E-state index contributed by atoms with van der Waals surface area (Å²) in [4.78, 5) is 0. The van der Waals surface area contributed by atoms with Crippen LogP contribution in [0, 0.1) is 17.2 Å². The van der Waals surface area contributed by atoms with Crippen LogP contribution >= 0.6 is 0 Å². The summed E-state index contributed by atoms with van der Waals surface area (Å²) < 4.78 is 10.2. The maximum absolute atomic E-state index is 8.92. The predicted octanol–water partition coefficient (Wildman–Crippen LogP) is 0.671. The largest absolute Gasteiger partial charge is 0.385 e. The normalized spacial score (nSPS) is 20.1. The lowest BCUT2D eigenvalue weighted by atomic mass is 9.98. The Balaban J connectivity index is 2.12. The first-order chi connectivity index (χ1) is 6.73. The number of ether oxygens (including phenoxy) is 2. The van der Waals surface area contributed by atoms with Crippen LogP contribution in [0.5, 0.6) is 0 Å². The monoisotopic (exact) mass is 198 g/mol. The summed E-state index contributed by atoms with van der Waals surface area (Å²) in [5.41, 5.74) is 5.14. The molecule has 1 saturated carbocycles. The molecule has 80 valence electrons. The van der Waals surface area contributed by atoms with Crippen LogP contribution in [0.2, 0.25) is 0 Å². The number of nitrogens with two attached hydrogens (primary N) is 1. The summed E-state index contributed by atoms with van der Waals surface area (Å²) in [6, 6.07) is 2.15. The number of rotatable bonds is 7. The number of nitrogens with zero attached hydrogens (tertiary/aromatic N) is 1. The topological polar surface area (TPSA) is 68.3 Å². The maximum Gasteiger partial charge on any atom is 0.130 e. The van der Waals surface area contributed by atoms with Crippen molar-refractivity contribution in [1.29, 1.82) is 5.26 Å². The van der Waals surface area contributed by atoms with E-state index in [2.05, 4.69) is 6.07 Å². The highest BCUT2D eigenvalue weighted by atomic mass is 16.5. The lowest BCUT2D eigenvalue weighted by molar-refractivity contribution is 0.0760. The Hall–Kier alpha value is -0.630. The summed E-state index contributed by atoms with van der Waals surface area (Å²) in [7, 11) is 1.66. The number of hydrogen-bond donors (Lipinski definition) is 1. The van der Waals surface area contributed by atoms with Crippen LogP contribution < -0.4 is 5.73 Å². The molecule has 1 aliphatic carbocycles. The van der Waals surface area contributed by atoms with Gasteiger partial charge in [0.1, 0.15) is 5.54 Å². The Morgan fingerprint density at radius 1 is 1.50 bits per heavy atom. The Morgan fingerprint density at radius 3 is 2.71 bits per heavy atom. The molecule has 0 radical (unpaired) electrons. The molecule has 1 atom stereocenters. The quantitative estimate of drug-likeness (QED) is 0.610. The molecule has 4 heteroatoms.